The van der Waals surface area contributed by atoms with Gasteiger partial charge < -0.3 is 14.9 Å². The first-order valence-electron chi connectivity index (χ1n) is 5.90. The molecule has 0 aromatic carbocycles. The Hall–Kier alpha value is -1.85. The van der Waals surface area contributed by atoms with Crippen molar-refractivity contribution in [2.24, 2.45) is 0 Å². The molecule has 1 aromatic rings. The fourth-order valence-corrected chi connectivity index (χ4v) is 1.57. The van der Waals surface area contributed by atoms with Crippen molar-refractivity contribution in [1.29, 1.82) is 0 Å². The monoisotopic (exact) mass is 252 g/mol. The van der Waals surface area contributed by atoms with Crippen LogP contribution < -0.4 is 9.80 Å². The average Bonchev–Trinajstić information content (AvgIpc) is 2.28. The first-order valence-corrected chi connectivity index (χ1v) is 5.90. The Morgan fingerprint density at radius 2 is 2.11 bits per heavy atom. The van der Waals surface area contributed by atoms with Crippen LogP contribution in [0, 0.1) is 0 Å². The first kappa shape index (κ1) is 14.2. The number of hydrogen-bond acceptors (Lipinski definition) is 5. The van der Waals surface area contributed by atoms with E-state index in [-0.39, 0.29) is 12.5 Å². The minimum absolute atomic E-state index is 0.0967. The number of carboxylic acids is 1. The van der Waals surface area contributed by atoms with Crippen LogP contribution in [-0.4, -0.2) is 47.7 Å². The number of rotatable bonds is 6. The molecule has 0 amide bonds. The third-order valence-electron chi connectivity index (χ3n) is 2.51. The van der Waals surface area contributed by atoms with Gasteiger partial charge in [-0.25, -0.2) is 4.98 Å². The summed E-state index contributed by atoms with van der Waals surface area (Å²) in [6.07, 6.45) is 1.79. The van der Waals surface area contributed by atoms with E-state index in [4.69, 9.17) is 5.11 Å². The maximum absolute atomic E-state index is 10.7. The molecule has 18 heavy (non-hydrogen) atoms. The molecule has 0 spiro atoms. The van der Waals surface area contributed by atoms with E-state index in [1.807, 2.05) is 37.7 Å². The van der Waals surface area contributed by atoms with Crippen LogP contribution in [0.4, 0.5) is 11.8 Å². The maximum atomic E-state index is 10.7. The second-order valence-corrected chi connectivity index (χ2v) is 4.54. The molecule has 0 aliphatic carbocycles. The molecule has 0 fully saturated rings. The number of aromatic nitrogens is 2. The average molecular weight is 252 g/mol. The van der Waals surface area contributed by atoms with Gasteiger partial charge in [-0.05, 0) is 19.9 Å². The minimum atomic E-state index is -0.803. The zero-order chi connectivity index (χ0) is 13.7. The quantitative estimate of drug-likeness (QED) is 0.821. The van der Waals surface area contributed by atoms with Crippen LogP contribution in [0.25, 0.3) is 0 Å². The van der Waals surface area contributed by atoms with Gasteiger partial charge in [-0.3, -0.25) is 4.79 Å². The first-order chi connectivity index (χ1) is 8.41. The molecule has 0 atom stereocenters. The number of hydrogen-bond donors (Lipinski definition) is 1. The highest BCUT2D eigenvalue weighted by Crippen LogP contribution is 2.16. The lowest BCUT2D eigenvalue weighted by atomic mass is 10.3. The zero-order valence-corrected chi connectivity index (χ0v) is 11.3. The Bertz CT molecular complexity index is 407. The van der Waals surface area contributed by atoms with Crippen molar-refractivity contribution in [2.45, 2.75) is 26.3 Å². The molecule has 0 aliphatic heterocycles. The van der Waals surface area contributed by atoms with E-state index in [0.29, 0.717) is 12.5 Å². The predicted octanol–water partition coefficient (Wildman–Crippen LogP) is 1.23. The van der Waals surface area contributed by atoms with Crippen LogP contribution in [-0.2, 0) is 4.79 Å². The van der Waals surface area contributed by atoms with E-state index >= 15 is 0 Å². The van der Waals surface area contributed by atoms with Gasteiger partial charge >= 0.3 is 5.97 Å². The normalized spacial score (nSPS) is 10.5. The molecule has 0 unspecified atom stereocenters. The largest absolute Gasteiger partial charge is 0.481 e. The van der Waals surface area contributed by atoms with Gasteiger partial charge in [0.2, 0.25) is 5.95 Å². The van der Waals surface area contributed by atoms with Crippen molar-refractivity contribution in [3.05, 3.63) is 12.3 Å². The van der Waals surface area contributed by atoms with Gasteiger partial charge in [0.1, 0.15) is 5.82 Å². The molecule has 0 saturated carbocycles. The molecule has 1 N–H and O–H groups in total. The van der Waals surface area contributed by atoms with Crippen molar-refractivity contribution in [3.63, 3.8) is 0 Å². The summed E-state index contributed by atoms with van der Waals surface area (Å²) in [6, 6.07) is 1.99. The Balaban J connectivity index is 2.91. The summed E-state index contributed by atoms with van der Waals surface area (Å²) in [6.45, 7) is 4.47. The van der Waals surface area contributed by atoms with Crippen LogP contribution in [0.2, 0.25) is 0 Å². The lowest BCUT2D eigenvalue weighted by Crippen LogP contribution is -2.34. The van der Waals surface area contributed by atoms with Gasteiger partial charge in [-0.15, -0.1) is 0 Å². The highest BCUT2D eigenvalue weighted by Gasteiger charge is 2.14. The lowest BCUT2D eigenvalue weighted by molar-refractivity contribution is -0.136. The summed E-state index contributed by atoms with van der Waals surface area (Å²) < 4.78 is 0. The molecule has 6 heteroatoms. The topological polar surface area (TPSA) is 69.6 Å². The van der Waals surface area contributed by atoms with Crippen LogP contribution in [0.5, 0.6) is 0 Å². The summed E-state index contributed by atoms with van der Waals surface area (Å²) in [5.74, 6) is 0.570. The Morgan fingerprint density at radius 3 is 2.61 bits per heavy atom. The number of anilines is 2. The second kappa shape index (κ2) is 6.18. The Labute approximate surface area is 107 Å². The molecule has 1 aromatic heterocycles. The highest BCUT2D eigenvalue weighted by molar-refractivity contribution is 5.67. The van der Waals surface area contributed by atoms with Crippen molar-refractivity contribution in [3.8, 4) is 0 Å². The molecule has 0 bridgehead atoms. The third kappa shape index (κ3) is 3.87. The fraction of sp³-hybridized carbons (Fsp3) is 0.583. The van der Waals surface area contributed by atoms with Crippen LogP contribution in [0.1, 0.15) is 20.3 Å². The van der Waals surface area contributed by atoms with E-state index in [1.165, 1.54) is 0 Å². The van der Waals surface area contributed by atoms with E-state index in [0.717, 1.165) is 5.82 Å². The fourth-order valence-electron chi connectivity index (χ4n) is 1.57. The summed E-state index contributed by atoms with van der Waals surface area (Å²) in [7, 11) is 3.74. The summed E-state index contributed by atoms with van der Waals surface area (Å²) in [5.41, 5.74) is 0. The van der Waals surface area contributed by atoms with E-state index in [1.54, 1.807) is 12.3 Å². The van der Waals surface area contributed by atoms with Crippen LogP contribution in [0.3, 0.4) is 0 Å². The van der Waals surface area contributed by atoms with Gasteiger partial charge in [-0.1, -0.05) is 0 Å². The van der Waals surface area contributed by atoms with Crippen molar-refractivity contribution in [1.82, 2.24) is 9.97 Å². The van der Waals surface area contributed by atoms with E-state index < -0.39 is 5.97 Å². The zero-order valence-electron chi connectivity index (χ0n) is 11.3. The molecule has 1 heterocycles. The van der Waals surface area contributed by atoms with E-state index in [9.17, 15) is 4.79 Å². The predicted molar refractivity (Wildman–Crippen MR) is 71.1 cm³/mol. The van der Waals surface area contributed by atoms with Gasteiger partial charge in [0.15, 0.2) is 0 Å². The van der Waals surface area contributed by atoms with Gasteiger partial charge in [-0.2, -0.15) is 4.98 Å². The lowest BCUT2D eigenvalue weighted by Gasteiger charge is -2.27. The Morgan fingerprint density at radius 1 is 1.44 bits per heavy atom. The highest BCUT2D eigenvalue weighted by atomic mass is 16.4. The van der Waals surface area contributed by atoms with Crippen molar-refractivity contribution in [2.75, 3.05) is 30.4 Å². The van der Waals surface area contributed by atoms with Crippen LogP contribution >= 0.6 is 0 Å². The Kier molecular flexibility index (Phi) is 4.88. The van der Waals surface area contributed by atoms with Crippen molar-refractivity contribution < 1.29 is 9.90 Å². The summed E-state index contributed by atoms with van der Waals surface area (Å²) in [4.78, 5) is 23.0. The maximum Gasteiger partial charge on any atom is 0.305 e. The van der Waals surface area contributed by atoms with E-state index in [2.05, 4.69) is 9.97 Å². The minimum Gasteiger partial charge on any atom is -0.481 e. The summed E-state index contributed by atoms with van der Waals surface area (Å²) >= 11 is 0. The molecule has 0 aliphatic rings. The van der Waals surface area contributed by atoms with Gasteiger partial charge in [0.05, 0.1) is 6.42 Å². The van der Waals surface area contributed by atoms with Gasteiger partial charge in [0.25, 0.3) is 0 Å². The van der Waals surface area contributed by atoms with Gasteiger partial charge in [0, 0.05) is 32.9 Å². The molecule has 0 saturated heterocycles. The molecule has 1 rings (SSSR count). The molecular formula is C12H20N4O2. The van der Waals surface area contributed by atoms with Crippen LogP contribution in [0.15, 0.2) is 12.3 Å². The third-order valence-corrected chi connectivity index (χ3v) is 2.51. The number of aliphatic carboxylic acids is 1. The molecule has 100 valence electrons. The SMILES string of the molecule is CC(C)N(CCC(=O)O)c1ccnc(N(C)C)n1. The molecular weight excluding hydrogens is 232 g/mol. The number of carboxylic acid groups (broad SMARTS) is 1. The standard InChI is InChI=1S/C12H20N4O2/c1-9(2)16(8-6-11(17)18)10-5-7-13-12(14-10)15(3)4/h5,7,9H,6,8H2,1-4H3,(H,17,18). The summed E-state index contributed by atoms with van der Waals surface area (Å²) in [5, 5.41) is 8.77. The molecule has 6 nitrogen and oxygen atoms in total. The second-order valence-electron chi connectivity index (χ2n) is 4.54. The smallest absolute Gasteiger partial charge is 0.305 e. The number of carbonyl (C=O) groups is 1. The molecule has 0 radical (unpaired) electrons. The number of nitrogens with zero attached hydrogens (tertiary/aromatic N) is 4. The van der Waals surface area contributed by atoms with Crippen molar-refractivity contribution >= 4 is 17.7 Å².